The SMILES string of the molecule is CCOc1cc([C@H](CS(C)(=O)=O)N2C(=O)c3cccc(NC(=O)CN(C)C)c3C2=O)ccc1OC. The van der Waals surface area contributed by atoms with Gasteiger partial charge in [0.1, 0.15) is 9.84 Å². The van der Waals surface area contributed by atoms with Crippen molar-refractivity contribution in [3.05, 3.63) is 53.1 Å². The number of carbonyl (C=O) groups excluding carboxylic acids is 3. The standard InChI is InChI=1S/C24H29N3O7S/c1-6-34-20-12-15(10-11-19(20)33-4)18(14-35(5,31)32)27-23(29)16-8-7-9-17(22(16)24(27)30)25-21(28)13-26(2)3/h7-12,18H,6,13-14H2,1-5H3,(H,25,28)/t18-/m0/s1. The first-order valence-electron chi connectivity index (χ1n) is 10.9. The van der Waals surface area contributed by atoms with Gasteiger partial charge < -0.3 is 19.7 Å². The van der Waals surface area contributed by atoms with Crippen LogP contribution in [0.15, 0.2) is 36.4 Å². The highest BCUT2D eigenvalue weighted by Crippen LogP contribution is 2.38. The number of hydrogen-bond acceptors (Lipinski definition) is 8. The molecule has 0 aliphatic carbocycles. The van der Waals surface area contributed by atoms with E-state index < -0.39 is 33.4 Å². The molecule has 188 valence electrons. The Morgan fingerprint density at radius 2 is 1.83 bits per heavy atom. The number of rotatable bonds is 10. The largest absolute Gasteiger partial charge is 0.493 e. The normalized spacial score (nSPS) is 14.2. The third kappa shape index (κ3) is 5.80. The van der Waals surface area contributed by atoms with Crippen molar-refractivity contribution in [3.63, 3.8) is 0 Å². The van der Waals surface area contributed by atoms with E-state index in [0.717, 1.165) is 11.2 Å². The van der Waals surface area contributed by atoms with Gasteiger partial charge in [0.2, 0.25) is 5.91 Å². The molecule has 0 unspecified atom stereocenters. The predicted octanol–water partition coefficient (Wildman–Crippen LogP) is 1.98. The van der Waals surface area contributed by atoms with Crippen LogP contribution in [0.3, 0.4) is 0 Å². The number of imide groups is 1. The Balaban J connectivity index is 2.07. The molecule has 1 aliphatic heterocycles. The Bertz CT molecular complexity index is 1260. The molecule has 0 saturated heterocycles. The minimum absolute atomic E-state index is 0.0293. The average molecular weight is 504 g/mol. The van der Waals surface area contributed by atoms with E-state index in [4.69, 9.17) is 9.47 Å². The summed E-state index contributed by atoms with van der Waals surface area (Å²) in [7, 11) is 1.31. The molecule has 3 rings (SSSR count). The van der Waals surface area contributed by atoms with Gasteiger partial charge in [0, 0.05) is 6.26 Å². The van der Waals surface area contributed by atoms with Crippen molar-refractivity contribution < 1.29 is 32.3 Å². The van der Waals surface area contributed by atoms with Crippen LogP contribution in [0, 0.1) is 0 Å². The Morgan fingerprint density at radius 1 is 1.11 bits per heavy atom. The molecule has 0 radical (unpaired) electrons. The number of nitrogens with one attached hydrogen (secondary N) is 1. The topological polar surface area (TPSA) is 122 Å². The molecule has 0 aromatic heterocycles. The van der Waals surface area contributed by atoms with Crippen LogP contribution in [0.5, 0.6) is 11.5 Å². The lowest BCUT2D eigenvalue weighted by atomic mass is 10.1. The minimum atomic E-state index is -3.62. The lowest BCUT2D eigenvalue weighted by Crippen LogP contribution is -2.38. The Hall–Kier alpha value is -3.44. The number of hydrogen-bond donors (Lipinski definition) is 1. The number of fused-ring (bicyclic) bond motifs is 1. The van der Waals surface area contributed by atoms with Gasteiger partial charge in [0.25, 0.3) is 11.8 Å². The van der Waals surface area contributed by atoms with Crippen molar-refractivity contribution in [2.45, 2.75) is 13.0 Å². The summed E-state index contributed by atoms with van der Waals surface area (Å²) >= 11 is 0. The number of ether oxygens (including phenoxy) is 2. The highest BCUT2D eigenvalue weighted by molar-refractivity contribution is 7.90. The summed E-state index contributed by atoms with van der Waals surface area (Å²) in [5.41, 5.74) is 0.710. The van der Waals surface area contributed by atoms with Crippen molar-refractivity contribution in [2.24, 2.45) is 0 Å². The number of carbonyl (C=O) groups is 3. The number of likely N-dealkylation sites (N-methyl/N-ethyl adjacent to an activating group) is 1. The van der Waals surface area contributed by atoms with Crippen LogP contribution in [0.25, 0.3) is 0 Å². The fourth-order valence-corrected chi connectivity index (χ4v) is 4.86. The van der Waals surface area contributed by atoms with E-state index in [1.807, 2.05) is 0 Å². The monoisotopic (exact) mass is 503 g/mol. The zero-order valence-corrected chi connectivity index (χ0v) is 21.1. The van der Waals surface area contributed by atoms with Crippen LogP contribution in [0.2, 0.25) is 0 Å². The van der Waals surface area contributed by atoms with Crippen LogP contribution in [0.4, 0.5) is 5.69 Å². The van der Waals surface area contributed by atoms with E-state index in [-0.39, 0.29) is 29.3 Å². The second-order valence-corrected chi connectivity index (χ2v) is 10.6. The molecule has 11 heteroatoms. The van der Waals surface area contributed by atoms with Crippen LogP contribution in [-0.2, 0) is 14.6 Å². The first kappa shape index (κ1) is 26.2. The molecule has 2 aromatic carbocycles. The summed E-state index contributed by atoms with van der Waals surface area (Å²) in [4.78, 5) is 41.9. The number of nitrogens with zero attached hydrogens (tertiary/aromatic N) is 2. The van der Waals surface area contributed by atoms with Gasteiger partial charge in [0.15, 0.2) is 11.5 Å². The highest BCUT2D eigenvalue weighted by atomic mass is 32.2. The maximum Gasteiger partial charge on any atom is 0.264 e. The molecule has 0 saturated carbocycles. The van der Waals surface area contributed by atoms with Gasteiger partial charge in [-0.05, 0) is 50.8 Å². The van der Waals surface area contributed by atoms with E-state index in [2.05, 4.69) is 5.32 Å². The van der Waals surface area contributed by atoms with E-state index in [9.17, 15) is 22.8 Å². The van der Waals surface area contributed by atoms with Crippen LogP contribution in [-0.4, -0.2) is 82.3 Å². The van der Waals surface area contributed by atoms with Crippen LogP contribution >= 0.6 is 0 Å². The van der Waals surface area contributed by atoms with Crippen molar-refractivity contribution in [2.75, 3.05) is 51.7 Å². The van der Waals surface area contributed by atoms with E-state index in [1.165, 1.54) is 19.2 Å². The third-order valence-corrected chi connectivity index (χ3v) is 6.25. The fourth-order valence-electron chi connectivity index (χ4n) is 3.94. The molecule has 3 amide bonds. The quantitative estimate of drug-likeness (QED) is 0.489. The third-order valence-electron chi connectivity index (χ3n) is 5.32. The van der Waals surface area contributed by atoms with Crippen molar-refractivity contribution in [3.8, 4) is 11.5 Å². The predicted molar refractivity (Wildman–Crippen MR) is 131 cm³/mol. The molecule has 0 spiro atoms. The number of benzene rings is 2. The Labute approximate surface area is 204 Å². The van der Waals surface area contributed by atoms with Gasteiger partial charge in [0.05, 0.1) is 48.9 Å². The second kappa shape index (κ2) is 10.4. The zero-order valence-electron chi connectivity index (χ0n) is 20.3. The zero-order chi connectivity index (χ0) is 25.9. The number of sulfone groups is 1. The van der Waals surface area contributed by atoms with Crippen LogP contribution < -0.4 is 14.8 Å². The van der Waals surface area contributed by atoms with Crippen molar-refractivity contribution in [1.82, 2.24) is 9.80 Å². The van der Waals surface area contributed by atoms with Gasteiger partial charge in [-0.3, -0.25) is 19.3 Å². The van der Waals surface area contributed by atoms with Gasteiger partial charge in [-0.15, -0.1) is 0 Å². The molecule has 2 aromatic rings. The van der Waals surface area contributed by atoms with Gasteiger partial charge in [-0.1, -0.05) is 12.1 Å². The Morgan fingerprint density at radius 3 is 2.43 bits per heavy atom. The molecule has 0 bridgehead atoms. The summed E-state index contributed by atoms with van der Waals surface area (Å²) in [5, 5.41) is 2.68. The van der Waals surface area contributed by atoms with E-state index in [0.29, 0.717) is 23.7 Å². The smallest absolute Gasteiger partial charge is 0.264 e. The summed E-state index contributed by atoms with van der Waals surface area (Å²) in [6.45, 7) is 2.20. The number of anilines is 1. The molecule has 10 nitrogen and oxygen atoms in total. The number of methoxy groups -OCH3 is 1. The molecule has 1 aliphatic rings. The van der Waals surface area contributed by atoms with Crippen molar-refractivity contribution in [1.29, 1.82) is 0 Å². The summed E-state index contributed by atoms with van der Waals surface area (Å²) < 4.78 is 35.6. The number of amides is 3. The lowest BCUT2D eigenvalue weighted by molar-refractivity contribution is -0.116. The van der Waals surface area contributed by atoms with E-state index in [1.54, 1.807) is 50.2 Å². The maximum absolute atomic E-state index is 13.6. The average Bonchev–Trinajstić information content (AvgIpc) is 3.02. The molecule has 35 heavy (non-hydrogen) atoms. The molecular weight excluding hydrogens is 474 g/mol. The first-order valence-corrected chi connectivity index (χ1v) is 13.0. The lowest BCUT2D eigenvalue weighted by Gasteiger charge is -2.27. The minimum Gasteiger partial charge on any atom is -0.493 e. The molecule has 0 fully saturated rings. The van der Waals surface area contributed by atoms with Gasteiger partial charge in [-0.25, -0.2) is 8.42 Å². The van der Waals surface area contributed by atoms with Crippen molar-refractivity contribution >= 4 is 33.2 Å². The highest BCUT2D eigenvalue weighted by Gasteiger charge is 2.43. The summed E-state index contributed by atoms with van der Waals surface area (Å²) in [6, 6.07) is 8.22. The van der Waals surface area contributed by atoms with Crippen LogP contribution in [0.1, 0.15) is 39.2 Å². The molecular formula is C24H29N3O7S. The molecule has 1 heterocycles. The molecule has 1 N–H and O–H groups in total. The molecule has 1 atom stereocenters. The van der Waals surface area contributed by atoms with Gasteiger partial charge in [-0.2, -0.15) is 0 Å². The maximum atomic E-state index is 13.6. The van der Waals surface area contributed by atoms with Gasteiger partial charge >= 0.3 is 0 Å². The second-order valence-electron chi connectivity index (χ2n) is 8.45. The Kier molecular flexibility index (Phi) is 7.81. The fraction of sp³-hybridized carbons (Fsp3) is 0.375. The first-order chi connectivity index (χ1) is 16.5. The summed E-state index contributed by atoms with van der Waals surface area (Å²) in [6.07, 6.45) is 1.04. The van der Waals surface area contributed by atoms with E-state index >= 15 is 0 Å². The summed E-state index contributed by atoms with van der Waals surface area (Å²) in [5.74, 6) is -1.38.